The van der Waals surface area contributed by atoms with E-state index >= 15 is 0 Å². The lowest BCUT2D eigenvalue weighted by Crippen LogP contribution is -2.40. The Morgan fingerprint density at radius 3 is 2.20 bits per heavy atom. The van der Waals surface area contributed by atoms with Crippen LogP contribution in [0.2, 0.25) is 0 Å². The minimum Gasteiger partial charge on any atom is -0.395 e. The second-order valence-corrected chi connectivity index (χ2v) is 24.2. The lowest BCUT2D eigenvalue weighted by molar-refractivity contribution is -0.122. The third-order valence-electron chi connectivity index (χ3n) is 12.4. The number of thiazole rings is 6. The Morgan fingerprint density at radius 1 is 0.704 bits per heavy atom. The number of hydrogen-bond donors (Lipinski definition) is 9. The van der Waals surface area contributed by atoms with Gasteiger partial charge in [-0.3, -0.25) is 28.8 Å². The Bertz CT molecular complexity index is 3570. The highest BCUT2D eigenvalue weighted by Crippen LogP contribution is 2.40. The van der Waals surface area contributed by atoms with Crippen molar-refractivity contribution in [2.75, 3.05) is 46.9 Å². The maximum absolute atomic E-state index is 14.3. The van der Waals surface area contributed by atoms with Crippen molar-refractivity contribution in [2.24, 2.45) is 5.92 Å². The van der Waals surface area contributed by atoms with Gasteiger partial charge >= 0.3 is 0 Å². The maximum atomic E-state index is 14.3. The quantitative estimate of drug-likeness (QED) is 0.0596. The van der Waals surface area contributed by atoms with Crippen LogP contribution in [0.3, 0.4) is 0 Å². The molecule has 8 aromatic rings. The maximum Gasteiger partial charge on any atom is 0.271 e. The number of rotatable bonds is 14. The molecule has 0 saturated heterocycles. The summed E-state index contributed by atoms with van der Waals surface area (Å²) in [4.78, 5) is 117. The van der Waals surface area contributed by atoms with Crippen LogP contribution in [0.4, 0.5) is 0 Å². The van der Waals surface area contributed by atoms with Crippen LogP contribution in [-0.4, -0.2) is 127 Å². The Morgan fingerprint density at radius 2 is 1.43 bits per heavy atom. The zero-order valence-corrected chi connectivity index (χ0v) is 48.9. The van der Waals surface area contributed by atoms with E-state index in [9.17, 15) is 33.9 Å². The summed E-state index contributed by atoms with van der Waals surface area (Å²) < 4.78 is 5.44. The molecule has 0 spiro atoms. The van der Waals surface area contributed by atoms with E-state index in [0.29, 0.717) is 93.3 Å². The van der Waals surface area contributed by atoms with Crippen molar-refractivity contribution in [1.82, 2.24) is 72.1 Å². The molecule has 10 bridgehead atoms. The number of fused-ring (bicyclic) bond motifs is 14. The van der Waals surface area contributed by atoms with Crippen LogP contribution < -0.4 is 37.2 Å². The van der Waals surface area contributed by atoms with E-state index in [1.54, 1.807) is 70.9 Å². The van der Waals surface area contributed by atoms with E-state index < -0.39 is 60.3 Å². The molecule has 0 aliphatic carbocycles. The van der Waals surface area contributed by atoms with Crippen LogP contribution in [0.1, 0.15) is 117 Å². The molecule has 8 heterocycles. The SMILES string of the molecule is CNC(=O)CC1NC(=O)c2csc(n2)-c2ccc(-c3nc(C(=O)NCCNCCO)cs3)nc2-c2csc(n2)-c2csc(n2)C(C(O)c2ccccc2)NC(=O)CNC(=O)c2nc(sc2COC)C(C(C)C)NC(=O)c2nc1sc2C. The van der Waals surface area contributed by atoms with Gasteiger partial charge in [0.05, 0.1) is 48.8 Å². The zero-order chi connectivity index (χ0) is 57.3. The lowest BCUT2D eigenvalue weighted by atomic mass is 10.0. The summed E-state index contributed by atoms with van der Waals surface area (Å²) in [6.07, 6.45) is -1.49. The first-order valence-corrected chi connectivity index (χ1v) is 30.3. The second kappa shape index (κ2) is 26.6. The molecular weight excluding hydrogens is 1160 g/mol. The first-order chi connectivity index (χ1) is 39.1. The van der Waals surface area contributed by atoms with Crippen molar-refractivity contribution in [2.45, 2.75) is 58.0 Å². The number of carbonyl (C=O) groups excluding carboxylic acids is 6. The van der Waals surface area contributed by atoms with Crippen LogP contribution in [0.5, 0.6) is 0 Å². The van der Waals surface area contributed by atoms with Crippen LogP contribution >= 0.6 is 68.0 Å². The Labute approximate surface area is 487 Å². The van der Waals surface area contributed by atoms with Gasteiger partial charge in [0.25, 0.3) is 23.6 Å². The van der Waals surface area contributed by atoms with E-state index in [4.69, 9.17) is 29.8 Å². The van der Waals surface area contributed by atoms with Gasteiger partial charge in [-0.15, -0.1) is 68.0 Å². The van der Waals surface area contributed by atoms with E-state index in [-0.39, 0.29) is 54.2 Å². The normalized spacial score (nSPS) is 16.5. The van der Waals surface area contributed by atoms with Gasteiger partial charge in [-0.1, -0.05) is 44.2 Å². The van der Waals surface area contributed by atoms with Crippen molar-refractivity contribution in [3.8, 4) is 43.4 Å². The van der Waals surface area contributed by atoms with E-state index in [1.807, 2.05) is 13.8 Å². The number of benzene rings is 1. The summed E-state index contributed by atoms with van der Waals surface area (Å²) in [5, 5.41) is 50.0. The Hall–Kier alpha value is -7.19. The van der Waals surface area contributed by atoms with Crippen molar-refractivity contribution in [3.63, 3.8) is 0 Å². The van der Waals surface area contributed by atoms with Crippen molar-refractivity contribution in [3.05, 3.63) is 117 Å². The number of carbonyl (C=O) groups is 6. The summed E-state index contributed by atoms with van der Waals surface area (Å²) in [6.45, 7) is 6.11. The molecule has 4 atom stereocenters. The molecule has 7 aromatic heterocycles. The van der Waals surface area contributed by atoms with Crippen molar-refractivity contribution >= 4 is 103 Å². The number of nitrogens with one attached hydrogen (secondary N) is 7. The minimum absolute atomic E-state index is 0.000293. The van der Waals surface area contributed by atoms with Gasteiger partial charge in [0.15, 0.2) is 0 Å². The number of pyridine rings is 1. The van der Waals surface area contributed by atoms with Crippen LogP contribution in [0, 0.1) is 12.8 Å². The lowest BCUT2D eigenvalue weighted by Gasteiger charge is -2.23. The zero-order valence-electron chi connectivity index (χ0n) is 44.0. The van der Waals surface area contributed by atoms with Crippen LogP contribution in [0.25, 0.3) is 43.4 Å². The summed E-state index contributed by atoms with van der Waals surface area (Å²) in [5.41, 5.74) is 2.92. The Balaban J connectivity index is 1.12. The molecule has 4 unspecified atom stereocenters. The molecule has 1 aromatic carbocycles. The van der Waals surface area contributed by atoms with Crippen LogP contribution in [0.15, 0.2) is 64.0 Å². The first kappa shape index (κ1) is 58.5. The largest absolute Gasteiger partial charge is 0.395 e. The van der Waals surface area contributed by atoms with Gasteiger partial charge in [-0.05, 0) is 30.5 Å². The molecular formula is C52H54N14O9S6. The molecule has 1 aliphatic heterocycles. The number of aryl methyl sites for hydroxylation is 1. The molecule has 29 heteroatoms. The van der Waals surface area contributed by atoms with E-state index in [2.05, 4.69) is 52.2 Å². The molecule has 81 heavy (non-hydrogen) atoms. The minimum atomic E-state index is -1.27. The predicted octanol–water partition coefficient (Wildman–Crippen LogP) is 5.62. The van der Waals surface area contributed by atoms with Gasteiger partial charge < -0.3 is 52.2 Å². The molecule has 9 rings (SSSR count). The number of aliphatic hydroxyl groups excluding tert-OH is 2. The highest BCUT2D eigenvalue weighted by molar-refractivity contribution is 7.15. The predicted molar refractivity (Wildman–Crippen MR) is 309 cm³/mol. The van der Waals surface area contributed by atoms with Gasteiger partial charge in [-0.2, -0.15) is 0 Å². The van der Waals surface area contributed by atoms with E-state index in [0.717, 1.165) is 11.3 Å². The fraction of sp³-hybridized carbons (Fsp3) is 0.327. The molecule has 9 N–H and O–H groups in total. The third kappa shape index (κ3) is 13.8. The third-order valence-corrected chi connectivity index (χ3v) is 18.1. The average Bonchev–Trinajstić information content (AvgIpc) is 4.43. The standard InChI is InChI=1S/C52H54N14O9S6/c1-24(2)37-52-66-40(34(81-52)19-75-5)45(73)56-18-36(69)63-41(42(70)26-9-7-6-8-10-26)51-62-33(23-79-51)49-59-30(20-77-49)39-27(11-12-28(57-39)48-61-31(21-78-48)43(71)55-14-13-54-15-16-67)47-60-32(22-76-47)44(72)58-29(17-35(68)53-4)50-65-38(25(3)80-50)46(74)64-37/h6-12,20-24,29,37,41-42,54,67,70H,13-19H2,1-5H3,(H,53,68)(H,55,71)(H,56,73)(H,58,72)(H,63,69)(H,64,74). The van der Waals surface area contributed by atoms with Crippen molar-refractivity contribution in [1.29, 1.82) is 0 Å². The van der Waals surface area contributed by atoms with Crippen molar-refractivity contribution < 1.29 is 43.7 Å². The summed E-state index contributed by atoms with van der Waals surface area (Å²) in [5.74, 6) is -3.50. The fourth-order valence-corrected chi connectivity index (χ4v) is 13.8. The number of aliphatic hydroxyl groups is 2. The molecule has 0 fully saturated rings. The van der Waals surface area contributed by atoms with Gasteiger partial charge in [0.1, 0.15) is 82.0 Å². The number of aromatic nitrogens is 7. The summed E-state index contributed by atoms with van der Waals surface area (Å²) >= 11 is 7.17. The highest BCUT2D eigenvalue weighted by Gasteiger charge is 2.33. The summed E-state index contributed by atoms with van der Waals surface area (Å²) in [7, 11) is 2.94. The summed E-state index contributed by atoms with van der Waals surface area (Å²) in [6, 6.07) is 9.51. The van der Waals surface area contributed by atoms with Gasteiger partial charge in [-0.25, -0.2) is 34.9 Å². The highest BCUT2D eigenvalue weighted by atomic mass is 32.1. The molecule has 0 radical (unpaired) electrons. The number of amides is 6. The van der Waals surface area contributed by atoms with Gasteiger partial charge in [0, 0.05) is 65.8 Å². The monoisotopic (exact) mass is 1210 g/mol. The van der Waals surface area contributed by atoms with Gasteiger partial charge in [0.2, 0.25) is 11.8 Å². The topological polar surface area (TPSA) is 327 Å². The Kier molecular flexibility index (Phi) is 19.2. The number of hydrogen-bond acceptors (Lipinski definition) is 23. The number of ether oxygens (including phenoxy) is 1. The molecule has 422 valence electrons. The van der Waals surface area contributed by atoms with Crippen LogP contribution in [-0.2, 0) is 20.9 Å². The average molecular weight is 1210 g/mol. The number of methoxy groups -OCH3 is 1. The van der Waals surface area contributed by atoms with E-state index in [1.165, 1.54) is 70.8 Å². The molecule has 23 nitrogen and oxygen atoms in total. The fourth-order valence-electron chi connectivity index (χ4n) is 8.25. The first-order valence-electron chi connectivity index (χ1n) is 25.2. The molecule has 6 amide bonds. The molecule has 1 aliphatic rings. The smallest absolute Gasteiger partial charge is 0.271 e. The second-order valence-electron chi connectivity index (χ2n) is 18.4. The molecule has 0 saturated carbocycles. The number of nitrogens with zero attached hydrogens (tertiary/aromatic N) is 7.